The summed E-state index contributed by atoms with van der Waals surface area (Å²) in [6.07, 6.45) is 2.46. The monoisotopic (exact) mass is 376 g/mol. The number of amides is 2. The lowest BCUT2D eigenvalue weighted by Crippen LogP contribution is -2.36. The zero-order chi connectivity index (χ0) is 19.0. The molecule has 1 aliphatic carbocycles. The summed E-state index contributed by atoms with van der Waals surface area (Å²) in [7, 11) is 1.81. The molecule has 6 nitrogen and oxygen atoms in total. The van der Waals surface area contributed by atoms with Crippen LogP contribution in [0.15, 0.2) is 10.6 Å². The Morgan fingerprint density at radius 2 is 1.85 bits per heavy atom. The Morgan fingerprint density at radius 3 is 2.38 bits per heavy atom. The van der Waals surface area contributed by atoms with Gasteiger partial charge in [0.2, 0.25) is 0 Å². The number of rotatable bonds is 4. The number of aryl methyl sites for hydroxylation is 3. The molecule has 0 saturated carbocycles. The molecule has 7 heteroatoms. The quantitative estimate of drug-likeness (QED) is 0.810. The predicted octanol–water partition coefficient (Wildman–Crippen LogP) is 2.61. The van der Waals surface area contributed by atoms with Crippen LogP contribution in [0.5, 0.6) is 0 Å². The number of halogens is 1. The fourth-order valence-corrected chi connectivity index (χ4v) is 4.06. The van der Waals surface area contributed by atoms with Crippen LogP contribution in [0.2, 0.25) is 0 Å². The molecule has 0 N–H and O–H groups in total. The number of likely N-dealkylation sites (N-methyl/N-ethyl adjacent to an activating group) is 1. The number of likely N-dealkylation sites (tertiary alicyclic amines) is 1. The second-order valence-corrected chi connectivity index (χ2v) is 7.75. The summed E-state index contributed by atoms with van der Waals surface area (Å²) in [6, 6.07) is 0. The molecule has 0 aromatic carbocycles. The number of aromatic nitrogens is 2. The smallest absolute Gasteiger partial charge is 0.257 e. The molecule has 0 bridgehead atoms. The van der Waals surface area contributed by atoms with Gasteiger partial charge < -0.3 is 9.80 Å². The molecule has 0 radical (unpaired) electrons. The Labute approximate surface area is 159 Å². The van der Waals surface area contributed by atoms with E-state index in [9.17, 15) is 9.59 Å². The van der Waals surface area contributed by atoms with Gasteiger partial charge in [0.25, 0.3) is 11.8 Å². The number of nitrogens with zero attached hydrogens (tertiary/aromatic N) is 4. The normalized spacial score (nSPS) is 19.6. The highest BCUT2D eigenvalue weighted by Crippen LogP contribution is 2.32. The van der Waals surface area contributed by atoms with E-state index in [1.807, 2.05) is 32.7 Å². The maximum atomic E-state index is 12.9. The van der Waals surface area contributed by atoms with Gasteiger partial charge in [0.05, 0.1) is 17.0 Å². The van der Waals surface area contributed by atoms with Crippen molar-refractivity contribution in [1.82, 2.24) is 19.8 Å². The molecule has 26 heavy (non-hydrogen) atoms. The van der Waals surface area contributed by atoms with E-state index in [1.165, 1.54) is 0 Å². The van der Waals surface area contributed by atoms with Crippen LogP contribution in [0.25, 0.3) is 0 Å². The van der Waals surface area contributed by atoms with Crippen molar-refractivity contribution in [3.05, 3.63) is 33.4 Å². The SMILES string of the molecule is Cc1nc(C)c(C(=O)N2CCC(CN(C)C(=O)C3=C(Cl)CC3)C2)c(C)n1. The van der Waals surface area contributed by atoms with Crippen LogP contribution in [0.1, 0.15) is 46.8 Å². The summed E-state index contributed by atoms with van der Waals surface area (Å²) < 4.78 is 0. The van der Waals surface area contributed by atoms with Gasteiger partial charge in [-0.3, -0.25) is 9.59 Å². The molecule has 1 saturated heterocycles. The van der Waals surface area contributed by atoms with E-state index < -0.39 is 0 Å². The zero-order valence-electron chi connectivity index (χ0n) is 15.8. The summed E-state index contributed by atoms with van der Waals surface area (Å²) in [5, 5.41) is 0.690. The van der Waals surface area contributed by atoms with Gasteiger partial charge in [-0.1, -0.05) is 11.6 Å². The first-order valence-corrected chi connectivity index (χ1v) is 9.39. The molecule has 1 aromatic rings. The van der Waals surface area contributed by atoms with Crippen LogP contribution < -0.4 is 0 Å². The van der Waals surface area contributed by atoms with Crippen molar-refractivity contribution in [3.63, 3.8) is 0 Å². The van der Waals surface area contributed by atoms with Crippen molar-refractivity contribution in [3.8, 4) is 0 Å². The standard InChI is InChI=1S/C19H25ClN4O2/c1-11-17(12(2)22-13(3)21-11)19(26)24-8-7-14(10-24)9-23(4)18(25)15-5-6-16(15)20/h14H,5-10H2,1-4H3. The fraction of sp³-hybridized carbons (Fsp3) is 0.579. The molecular formula is C19H25ClN4O2. The minimum absolute atomic E-state index is 0.0128. The summed E-state index contributed by atoms with van der Waals surface area (Å²) in [5.74, 6) is 0.963. The second-order valence-electron chi connectivity index (χ2n) is 7.29. The Hall–Kier alpha value is -1.95. The van der Waals surface area contributed by atoms with Gasteiger partial charge >= 0.3 is 0 Å². The fourth-order valence-electron chi connectivity index (χ4n) is 3.79. The van der Waals surface area contributed by atoms with Gasteiger partial charge in [0.1, 0.15) is 5.82 Å². The van der Waals surface area contributed by atoms with E-state index >= 15 is 0 Å². The topological polar surface area (TPSA) is 66.4 Å². The lowest BCUT2D eigenvalue weighted by Gasteiger charge is -2.26. The number of hydrogen-bond acceptors (Lipinski definition) is 4. The molecule has 3 rings (SSSR count). The highest BCUT2D eigenvalue weighted by atomic mass is 35.5. The maximum absolute atomic E-state index is 12.9. The largest absolute Gasteiger partial charge is 0.342 e. The third-order valence-electron chi connectivity index (χ3n) is 5.23. The molecule has 1 fully saturated rings. The number of hydrogen-bond donors (Lipinski definition) is 0. The van der Waals surface area contributed by atoms with E-state index in [4.69, 9.17) is 11.6 Å². The minimum Gasteiger partial charge on any atom is -0.342 e. The van der Waals surface area contributed by atoms with Crippen molar-refractivity contribution in [2.24, 2.45) is 5.92 Å². The summed E-state index contributed by atoms with van der Waals surface area (Å²) in [6.45, 7) is 7.52. The van der Waals surface area contributed by atoms with E-state index in [1.54, 1.807) is 4.90 Å². The summed E-state index contributed by atoms with van der Waals surface area (Å²) in [4.78, 5) is 37.5. The third-order valence-corrected chi connectivity index (χ3v) is 5.65. The van der Waals surface area contributed by atoms with Crippen molar-refractivity contribution in [2.45, 2.75) is 40.0 Å². The number of allylic oxidation sites excluding steroid dienone is 1. The van der Waals surface area contributed by atoms with Gasteiger partial charge in [-0.15, -0.1) is 0 Å². The van der Waals surface area contributed by atoms with Crippen molar-refractivity contribution in [2.75, 3.05) is 26.7 Å². The Balaban J connectivity index is 1.63. The predicted molar refractivity (Wildman–Crippen MR) is 100 cm³/mol. The van der Waals surface area contributed by atoms with E-state index in [0.29, 0.717) is 36.1 Å². The van der Waals surface area contributed by atoms with Crippen molar-refractivity contribution >= 4 is 23.4 Å². The van der Waals surface area contributed by atoms with Gasteiger partial charge in [0.15, 0.2) is 0 Å². The van der Waals surface area contributed by atoms with Gasteiger partial charge in [-0.2, -0.15) is 0 Å². The Bertz CT molecular complexity index is 767. The molecule has 1 aromatic heterocycles. The van der Waals surface area contributed by atoms with Crippen LogP contribution in [-0.2, 0) is 4.79 Å². The highest BCUT2D eigenvalue weighted by molar-refractivity contribution is 6.33. The van der Waals surface area contributed by atoms with Gasteiger partial charge in [-0.05, 0) is 46.0 Å². The van der Waals surface area contributed by atoms with Gasteiger partial charge in [-0.25, -0.2) is 9.97 Å². The highest BCUT2D eigenvalue weighted by Gasteiger charge is 2.32. The van der Waals surface area contributed by atoms with Crippen molar-refractivity contribution < 1.29 is 9.59 Å². The van der Waals surface area contributed by atoms with Crippen LogP contribution in [0, 0.1) is 26.7 Å². The molecule has 1 atom stereocenters. The zero-order valence-corrected chi connectivity index (χ0v) is 16.6. The Kier molecular flexibility index (Phi) is 5.32. The summed E-state index contributed by atoms with van der Waals surface area (Å²) in [5.41, 5.74) is 2.79. The minimum atomic E-state index is -0.0128. The summed E-state index contributed by atoms with van der Waals surface area (Å²) >= 11 is 6.01. The van der Waals surface area contributed by atoms with Crippen molar-refractivity contribution in [1.29, 1.82) is 0 Å². The first-order valence-electron chi connectivity index (χ1n) is 9.02. The average Bonchev–Trinajstić information content (AvgIpc) is 3.00. The first kappa shape index (κ1) is 18.8. The maximum Gasteiger partial charge on any atom is 0.257 e. The molecule has 2 aliphatic rings. The van der Waals surface area contributed by atoms with Gasteiger partial charge in [0, 0.05) is 37.3 Å². The van der Waals surface area contributed by atoms with Crippen LogP contribution >= 0.6 is 11.6 Å². The first-order chi connectivity index (χ1) is 12.3. The van der Waals surface area contributed by atoms with Crippen LogP contribution in [0.3, 0.4) is 0 Å². The molecule has 1 aliphatic heterocycles. The van der Waals surface area contributed by atoms with Crippen LogP contribution in [0.4, 0.5) is 0 Å². The molecular weight excluding hydrogens is 352 g/mol. The molecule has 140 valence electrons. The lowest BCUT2D eigenvalue weighted by molar-refractivity contribution is -0.126. The van der Waals surface area contributed by atoms with Crippen LogP contribution in [-0.4, -0.2) is 58.3 Å². The van der Waals surface area contributed by atoms with E-state index in [-0.39, 0.29) is 17.7 Å². The molecule has 2 heterocycles. The number of carbonyl (C=O) groups is 2. The van der Waals surface area contributed by atoms with E-state index in [0.717, 1.165) is 36.2 Å². The molecule has 2 amide bonds. The Morgan fingerprint density at radius 1 is 1.19 bits per heavy atom. The van der Waals surface area contributed by atoms with E-state index in [2.05, 4.69) is 9.97 Å². The number of carbonyl (C=O) groups excluding carboxylic acids is 2. The average molecular weight is 377 g/mol. The second kappa shape index (κ2) is 7.35. The third kappa shape index (κ3) is 3.61. The molecule has 0 spiro atoms. The lowest BCUT2D eigenvalue weighted by atomic mass is 9.97. The molecule has 1 unspecified atom stereocenters.